The van der Waals surface area contributed by atoms with Gasteiger partial charge in [-0.25, -0.2) is 9.38 Å². The van der Waals surface area contributed by atoms with E-state index in [0.717, 1.165) is 31.7 Å². The number of piperazine rings is 1. The van der Waals surface area contributed by atoms with Crippen molar-refractivity contribution in [2.24, 2.45) is 0 Å². The largest absolute Gasteiger partial charge is 0.369 e. The molecule has 0 radical (unpaired) electrons. The van der Waals surface area contributed by atoms with Crippen molar-refractivity contribution >= 4 is 33.3 Å². The SMILES string of the molecule is CN1CCN(c2ccc(Cn3c(=O)c4ccccc4n4c(=O)c5ccccc5nc34)cc2)CC1. The first-order valence-corrected chi connectivity index (χ1v) is 11.6. The number of para-hydroxylation sites is 2. The topological polar surface area (TPSA) is 62.9 Å². The summed E-state index contributed by atoms with van der Waals surface area (Å²) in [5, 5.41) is 1.04. The molecule has 6 rings (SSSR count). The van der Waals surface area contributed by atoms with Crippen LogP contribution in [0, 0.1) is 0 Å². The van der Waals surface area contributed by atoms with Gasteiger partial charge in [0.05, 0.1) is 28.4 Å². The lowest BCUT2D eigenvalue weighted by atomic mass is 10.1. The van der Waals surface area contributed by atoms with Crippen LogP contribution in [-0.2, 0) is 6.54 Å². The summed E-state index contributed by atoms with van der Waals surface area (Å²) in [6.07, 6.45) is 0. The molecule has 7 nitrogen and oxygen atoms in total. The van der Waals surface area contributed by atoms with E-state index in [1.807, 2.05) is 30.3 Å². The Morgan fingerprint density at radius 3 is 2.21 bits per heavy atom. The summed E-state index contributed by atoms with van der Waals surface area (Å²) in [6, 6.07) is 22.9. The van der Waals surface area contributed by atoms with E-state index in [1.54, 1.807) is 27.2 Å². The molecule has 5 aromatic rings. The standard InChI is InChI=1S/C27H25N5O2/c1-29-14-16-30(17-15-29)20-12-10-19(11-13-20)18-31-25(33)22-7-3-5-9-24(22)32-26(34)21-6-2-4-8-23(21)28-27(31)32/h2-13H,14-18H2,1H3. The smallest absolute Gasteiger partial charge is 0.267 e. The molecular formula is C27H25N5O2. The molecular weight excluding hydrogens is 426 g/mol. The number of nitrogens with zero attached hydrogens (tertiary/aromatic N) is 5. The molecule has 3 heterocycles. The van der Waals surface area contributed by atoms with Crippen LogP contribution in [0.3, 0.4) is 0 Å². The van der Waals surface area contributed by atoms with Crippen LogP contribution in [0.4, 0.5) is 5.69 Å². The highest BCUT2D eigenvalue weighted by molar-refractivity contribution is 5.84. The van der Waals surface area contributed by atoms with Gasteiger partial charge in [-0.3, -0.25) is 14.2 Å². The van der Waals surface area contributed by atoms with Crippen molar-refractivity contribution in [3.8, 4) is 0 Å². The molecule has 2 aromatic heterocycles. The van der Waals surface area contributed by atoms with Gasteiger partial charge >= 0.3 is 0 Å². The van der Waals surface area contributed by atoms with Crippen LogP contribution in [-0.4, -0.2) is 52.1 Å². The molecule has 0 spiro atoms. The minimum Gasteiger partial charge on any atom is -0.369 e. The van der Waals surface area contributed by atoms with Crippen LogP contribution in [0.15, 0.2) is 82.4 Å². The lowest BCUT2D eigenvalue weighted by Crippen LogP contribution is -2.44. The van der Waals surface area contributed by atoms with Gasteiger partial charge in [-0.1, -0.05) is 36.4 Å². The minimum atomic E-state index is -0.170. The van der Waals surface area contributed by atoms with Crippen molar-refractivity contribution in [2.75, 3.05) is 38.1 Å². The second-order valence-electron chi connectivity index (χ2n) is 8.93. The molecule has 34 heavy (non-hydrogen) atoms. The zero-order chi connectivity index (χ0) is 23.2. The molecule has 1 fully saturated rings. The number of hydrogen-bond acceptors (Lipinski definition) is 5. The third-order valence-electron chi connectivity index (χ3n) is 6.77. The maximum Gasteiger partial charge on any atom is 0.267 e. The van der Waals surface area contributed by atoms with E-state index >= 15 is 0 Å². The molecule has 0 unspecified atom stereocenters. The first-order chi connectivity index (χ1) is 16.6. The summed E-state index contributed by atoms with van der Waals surface area (Å²) in [4.78, 5) is 36.5. The fourth-order valence-corrected chi connectivity index (χ4v) is 4.81. The Kier molecular flexibility index (Phi) is 4.92. The maximum atomic E-state index is 13.5. The zero-order valence-corrected chi connectivity index (χ0v) is 19.0. The first-order valence-electron chi connectivity index (χ1n) is 11.6. The van der Waals surface area contributed by atoms with Crippen molar-refractivity contribution in [3.05, 3.63) is 99.1 Å². The fraction of sp³-hybridized carbons (Fsp3) is 0.222. The minimum absolute atomic E-state index is 0.152. The van der Waals surface area contributed by atoms with Crippen molar-refractivity contribution in [1.29, 1.82) is 0 Å². The molecule has 1 aliphatic rings. The highest BCUT2D eigenvalue weighted by Gasteiger charge is 2.17. The van der Waals surface area contributed by atoms with E-state index < -0.39 is 0 Å². The fourth-order valence-electron chi connectivity index (χ4n) is 4.81. The first kappa shape index (κ1) is 20.6. The van der Waals surface area contributed by atoms with Crippen LogP contribution in [0.2, 0.25) is 0 Å². The quantitative estimate of drug-likeness (QED) is 0.312. The lowest BCUT2D eigenvalue weighted by Gasteiger charge is -2.34. The number of likely N-dealkylation sites (N-methyl/N-ethyl adjacent to an activating group) is 1. The van der Waals surface area contributed by atoms with E-state index in [2.05, 4.69) is 41.1 Å². The Hall–Kier alpha value is -3.97. The van der Waals surface area contributed by atoms with E-state index in [9.17, 15) is 9.59 Å². The summed E-state index contributed by atoms with van der Waals surface area (Å²) < 4.78 is 3.18. The van der Waals surface area contributed by atoms with Crippen LogP contribution < -0.4 is 16.0 Å². The van der Waals surface area contributed by atoms with Crippen molar-refractivity contribution in [2.45, 2.75) is 6.54 Å². The van der Waals surface area contributed by atoms with Crippen LogP contribution >= 0.6 is 0 Å². The molecule has 170 valence electrons. The van der Waals surface area contributed by atoms with E-state index in [-0.39, 0.29) is 11.1 Å². The zero-order valence-electron chi connectivity index (χ0n) is 19.0. The average molecular weight is 452 g/mol. The molecule has 0 aliphatic carbocycles. The van der Waals surface area contributed by atoms with Gasteiger partial charge in [-0.15, -0.1) is 0 Å². The predicted octanol–water partition coefficient (Wildman–Crippen LogP) is 2.96. The molecule has 0 amide bonds. The maximum absolute atomic E-state index is 13.5. The Bertz CT molecular complexity index is 1640. The van der Waals surface area contributed by atoms with Gasteiger partial charge in [-0.05, 0) is 49.0 Å². The Balaban J connectivity index is 1.49. The third kappa shape index (κ3) is 3.36. The van der Waals surface area contributed by atoms with Gasteiger partial charge in [0, 0.05) is 31.9 Å². The van der Waals surface area contributed by atoms with Gasteiger partial charge in [-0.2, -0.15) is 0 Å². The summed E-state index contributed by atoms with van der Waals surface area (Å²) in [6.45, 7) is 4.44. The number of aromatic nitrogens is 3. The summed E-state index contributed by atoms with van der Waals surface area (Å²) in [5.41, 5.74) is 3.01. The van der Waals surface area contributed by atoms with Crippen LogP contribution in [0.25, 0.3) is 27.6 Å². The van der Waals surface area contributed by atoms with Gasteiger partial charge in [0.1, 0.15) is 0 Å². The number of rotatable bonds is 3. The number of fused-ring (bicyclic) bond motifs is 4. The predicted molar refractivity (Wildman–Crippen MR) is 136 cm³/mol. The molecule has 0 bridgehead atoms. The van der Waals surface area contributed by atoms with E-state index in [4.69, 9.17) is 4.98 Å². The molecule has 1 saturated heterocycles. The van der Waals surface area contributed by atoms with Gasteiger partial charge in [0.25, 0.3) is 11.1 Å². The molecule has 7 heteroatoms. The average Bonchev–Trinajstić information content (AvgIpc) is 2.87. The monoisotopic (exact) mass is 451 g/mol. The lowest BCUT2D eigenvalue weighted by molar-refractivity contribution is 0.313. The molecule has 3 aromatic carbocycles. The van der Waals surface area contributed by atoms with E-state index in [0.29, 0.717) is 34.1 Å². The van der Waals surface area contributed by atoms with Crippen molar-refractivity contribution in [1.82, 2.24) is 18.9 Å². The highest BCUT2D eigenvalue weighted by Crippen LogP contribution is 2.19. The van der Waals surface area contributed by atoms with Crippen LogP contribution in [0.5, 0.6) is 0 Å². The third-order valence-corrected chi connectivity index (χ3v) is 6.77. The molecule has 1 aliphatic heterocycles. The molecule has 0 atom stereocenters. The number of hydrogen-bond donors (Lipinski definition) is 0. The normalized spacial score (nSPS) is 14.9. The highest BCUT2D eigenvalue weighted by atomic mass is 16.1. The summed E-state index contributed by atoms with van der Waals surface area (Å²) in [7, 11) is 2.15. The Labute approximate surface area is 196 Å². The van der Waals surface area contributed by atoms with Gasteiger partial charge < -0.3 is 9.80 Å². The number of anilines is 1. The molecule has 0 N–H and O–H groups in total. The summed E-state index contributed by atoms with van der Waals surface area (Å²) in [5.74, 6) is 0.357. The van der Waals surface area contributed by atoms with Crippen LogP contribution in [0.1, 0.15) is 5.56 Å². The second-order valence-corrected chi connectivity index (χ2v) is 8.93. The molecule has 0 saturated carbocycles. The van der Waals surface area contributed by atoms with Crippen molar-refractivity contribution in [3.63, 3.8) is 0 Å². The number of benzene rings is 3. The van der Waals surface area contributed by atoms with Gasteiger partial charge in [0.2, 0.25) is 5.78 Å². The Morgan fingerprint density at radius 2 is 1.44 bits per heavy atom. The van der Waals surface area contributed by atoms with Gasteiger partial charge in [0.15, 0.2) is 0 Å². The summed E-state index contributed by atoms with van der Waals surface area (Å²) >= 11 is 0. The second kappa shape index (κ2) is 8.11. The Morgan fingerprint density at radius 1 is 0.765 bits per heavy atom. The van der Waals surface area contributed by atoms with E-state index in [1.165, 1.54) is 5.69 Å². The van der Waals surface area contributed by atoms with Crippen molar-refractivity contribution < 1.29 is 0 Å².